The van der Waals surface area contributed by atoms with Crippen LogP contribution in [0.1, 0.15) is 23.6 Å². The van der Waals surface area contributed by atoms with Crippen molar-refractivity contribution in [1.29, 1.82) is 0 Å². The fourth-order valence-corrected chi connectivity index (χ4v) is 3.02. The molecule has 0 aliphatic carbocycles. The van der Waals surface area contributed by atoms with Gasteiger partial charge in [-0.1, -0.05) is 24.3 Å². The Morgan fingerprint density at radius 2 is 2.05 bits per heavy atom. The van der Waals surface area contributed by atoms with Gasteiger partial charge in [0.25, 0.3) is 0 Å². The van der Waals surface area contributed by atoms with Gasteiger partial charge in [-0.05, 0) is 46.6 Å². The number of rotatable bonds is 2. The van der Waals surface area contributed by atoms with Crippen molar-refractivity contribution in [2.24, 2.45) is 0 Å². The lowest BCUT2D eigenvalue weighted by molar-refractivity contribution is 0.274. The van der Waals surface area contributed by atoms with Crippen LogP contribution in [0.4, 0.5) is 5.69 Å². The van der Waals surface area contributed by atoms with Crippen molar-refractivity contribution in [3.63, 3.8) is 0 Å². The Kier molecular flexibility index (Phi) is 3.47. The summed E-state index contributed by atoms with van der Waals surface area (Å²) in [5, 5.41) is 3.61. The van der Waals surface area contributed by atoms with Crippen LogP contribution in [0.2, 0.25) is 0 Å². The van der Waals surface area contributed by atoms with E-state index in [4.69, 9.17) is 4.74 Å². The first-order chi connectivity index (χ1) is 9.24. The number of ether oxygens (including phenoxy) is 1. The van der Waals surface area contributed by atoms with E-state index >= 15 is 0 Å². The third-order valence-electron chi connectivity index (χ3n) is 3.41. The number of halogens is 1. The Labute approximate surface area is 121 Å². The predicted molar refractivity (Wildman–Crippen MR) is 81.8 cm³/mol. The molecule has 2 aromatic carbocycles. The van der Waals surface area contributed by atoms with E-state index in [0.29, 0.717) is 6.04 Å². The van der Waals surface area contributed by atoms with Crippen molar-refractivity contribution in [2.75, 3.05) is 11.9 Å². The second kappa shape index (κ2) is 5.25. The number of nitrogens with one attached hydrogen (secondary N) is 1. The van der Waals surface area contributed by atoms with Crippen LogP contribution in [-0.4, -0.2) is 6.61 Å². The lowest BCUT2D eigenvalue weighted by atomic mass is 10.0. The van der Waals surface area contributed by atoms with Gasteiger partial charge < -0.3 is 10.1 Å². The maximum atomic E-state index is 5.69. The zero-order valence-electron chi connectivity index (χ0n) is 10.8. The first kappa shape index (κ1) is 12.5. The smallest absolute Gasteiger partial charge is 0.124 e. The SMILES string of the molecule is Cc1ccc(NC2CCOc3ccccc32)c(Br)c1. The van der Waals surface area contributed by atoms with Gasteiger partial charge in [0.2, 0.25) is 0 Å². The molecule has 0 amide bonds. The summed E-state index contributed by atoms with van der Waals surface area (Å²) in [4.78, 5) is 0. The van der Waals surface area contributed by atoms with Crippen molar-refractivity contribution in [3.8, 4) is 5.75 Å². The third kappa shape index (κ3) is 2.61. The molecular weight excluding hydrogens is 302 g/mol. The lowest BCUT2D eigenvalue weighted by Crippen LogP contribution is -2.20. The quantitative estimate of drug-likeness (QED) is 0.867. The Balaban J connectivity index is 1.88. The summed E-state index contributed by atoms with van der Waals surface area (Å²) in [6.07, 6.45) is 0.983. The molecule has 19 heavy (non-hydrogen) atoms. The predicted octanol–water partition coefficient (Wildman–Crippen LogP) is 4.69. The number of hydrogen-bond donors (Lipinski definition) is 1. The van der Waals surface area contributed by atoms with Crippen LogP contribution in [0.25, 0.3) is 0 Å². The average Bonchev–Trinajstić information content (AvgIpc) is 2.42. The number of hydrogen-bond acceptors (Lipinski definition) is 2. The normalized spacial score (nSPS) is 17.5. The number of anilines is 1. The standard InChI is InChI=1S/C16H16BrNO/c1-11-6-7-15(13(17)10-11)18-14-8-9-19-16-5-3-2-4-12(14)16/h2-7,10,14,18H,8-9H2,1H3. The number of para-hydroxylation sites is 1. The molecule has 1 atom stereocenters. The minimum atomic E-state index is 0.309. The van der Waals surface area contributed by atoms with Gasteiger partial charge in [0, 0.05) is 22.1 Å². The topological polar surface area (TPSA) is 21.3 Å². The molecule has 3 rings (SSSR count). The Bertz CT molecular complexity index is 597. The Morgan fingerprint density at radius 1 is 1.21 bits per heavy atom. The van der Waals surface area contributed by atoms with Crippen LogP contribution < -0.4 is 10.1 Å². The van der Waals surface area contributed by atoms with Crippen LogP contribution in [0, 0.1) is 6.92 Å². The van der Waals surface area contributed by atoms with Gasteiger partial charge >= 0.3 is 0 Å². The van der Waals surface area contributed by atoms with Crippen LogP contribution in [0.15, 0.2) is 46.9 Å². The van der Waals surface area contributed by atoms with Gasteiger partial charge in [0.05, 0.1) is 12.6 Å². The molecule has 98 valence electrons. The van der Waals surface area contributed by atoms with Gasteiger partial charge in [-0.25, -0.2) is 0 Å². The summed E-state index contributed by atoms with van der Waals surface area (Å²) in [5.74, 6) is 0.995. The fraction of sp³-hybridized carbons (Fsp3) is 0.250. The van der Waals surface area contributed by atoms with Gasteiger partial charge in [0.1, 0.15) is 5.75 Å². The second-order valence-corrected chi connectivity index (χ2v) is 5.71. The molecule has 3 heteroatoms. The molecule has 0 spiro atoms. The zero-order chi connectivity index (χ0) is 13.2. The molecular formula is C16H16BrNO. The summed E-state index contributed by atoms with van der Waals surface area (Å²) in [6, 6.07) is 14.9. The summed E-state index contributed by atoms with van der Waals surface area (Å²) in [5.41, 5.74) is 3.62. The van der Waals surface area contributed by atoms with Crippen LogP contribution in [0.3, 0.4) is 0 Å². The maximum Gasteiger partial charge on any atom is 0.124 e. The van der Waals surface area contributed by atoms with Gasteiger partial charge in [-0.2, -0.15) is 0 Å². The lowest BCUT2D eigenvalue weighted by Gasteiger charge is -2.27. The van der Waals surface area contributed by atoms with E-state index in [1.165, 1.54) is 11.1 Å². The maximum absolute atomic E-state index is 5.69. The van der Waals surface area contributed by atoms with Crippen molar-refractivity contribution in [1.82, 2.24) is 0 Å². The molecule has 1 aliphatic heterocycles. The molecule has 0 aromatic heterocycles. The monoisotopic (exact) mass is 317 g/mol. The van der Waals surface area contributed by atoms with E-state index in [2.05, 4.69) is 58.5 Å². The Morgan fingerprint density at radius 3 is 2.89 bits per heavy atom. The van der Waals surface area contributed by atoms with Gasteiger partial charge in [0.15, 0.2) is 0 Å². The number of aryl methyl sites for hydroxylation is 1. The van der Waals surface area contributed by atoms with E-state index in [1.54, 1.807) is 0 Å². The first-order valence-electron chi connectivity index (χ1n) is 6.48. The molecule has 0 radical (unpaired) electrons. The molecule has 2 nitrogen and oxygen atoms in total. The van der Waals surface area contributed by atoms with E-state index in [9.17, 15) is 0 Å². The van der Waals surface area contributed by atoms with Crippen molar-refractivity contribution < 1.29 is 4.74 Å². The van der Waals surface area contributed by atoms with Crippen molar-refractivity contribution in [3.05, 3.63) is 58.1 Å². The van der Waals surface area contributed by atoms with Gasteiger partial charge in [-0.15, -0.1) is 0 Å². The van der Waals surface area contributed by atoms with Crippen molar-refractivity contribution >= 4 is 21.6 Å². The summed E-state index contributed by atoms with van der Waals surface area (Å²) < 4.78 is 6.80. The van der Waals surface area contributed by atoms with Crippen molar-refractivity contribution in [2.45, 2.75) is 19.4 Å². The third-order valence-corrected chi connectivity index (χ3v) is 4.07. The van der Waals surface area contributed by atoms with Crippen LogP contribution in [-0.2, 0) is 0 Å². The molecule has 0 fully saturated rings. The molecule has 1 N–H and O–H groups in total. The zero-order valence-corrected chi connectivity index (χ0v) is 12.4. The second-order valence-electron chi connectivity index (χ2n) is 4.86. The number of fused-ring (bicyclic) bond motifs is 1. The van der Waals surface area contributed by atoms with E-state index in [-0.39, 0.29) is 0 Å². The molecule has 2 aromatic rings. The minimum absolute atomic E-state index is 0.309. The highest BCUT2D eigenvalue weighted by molar-refractivity contribution is 9.10. The summed E-state index contributed by atoms with van der Waals surface area (Å²) in [7, 11) is 0. The van der Waals surface area contributed by atoms with Crippen LogP contribution >= 0.6 is 15.9 Å². The minimum Gasteiger partial charge on any atom is -0.493 e. The molecule has 0 bridgehead atoms. The van der Waals surface area contributed by atoms with E-state index < -0.39 is 0 Å². The highest BCUT2D eigenvalue weighted by Gasteiger charge is 2.21. The summed E-state index contributed by atoms with van der Waals surface area (Å²) >= 11 is 3.62. The van der Waals surface area contributed by atoms with Gasteiger partial charge in [-0.3, -0.25) is 0 Å². The molecule has 0 saturated carbocycles. The molecule has 1 heterocycles. The Hall–Kier alpha value is -1.48. The largest absolute Gasteiger partial charge is 0.493 e. The highest BCUT2D eigenvalue weighted by Crippen LogP contribution is 2.35. The first-order valence-corrected chi connectivity index (χ1v) is 7.28. The number of benzene rings is 2. The average molecular weight is 318 g/mol. The molecule has 1 aliphatic rings. The molecule has 0 saturated heterocycles. The van der Waals surface area contributed by atoms with E-state index in [1.807, 2.05) is 12.1 Å². The van der Waals surface area contributed by atoms with Crippen LogP contribution in [0.5, 0.6) is 5.75 Å². The van der Waals surface area contributed by atoms with E-state index in [0.717, 1.165) is 28.9 Å². The molecule has 1 unspecified atom stereocenters. The highest BCUT2D eigenvalue weighted by atomic mass is 79.9. The fourth-order valence-electron chi connectivity index (χ4n) is 2.42. The summed E-state index contributed by atoms with van der Waals surface area (Å²) in [6.45, 7) is 2.86.